The molecule has 124 valence electrons. The monoisotopic (exact) mass is 456 g/mol. The lowest BCUT2D eigenvalue weighted by atomic mass is 10.0. The van der Waals surface area contributed by atoms with Gasteiger partial charge in [-0.15, -0.1) is 0 Å². The summed E-state index contributed by atoms with van der Waals surface area (Å²) in [5.74, 6) is -0.0135. The number of hydrogen-bond acceptors (Lipinski definition) is 2. The van der Waals surface area contributed by atoms with Gasteiger partial charge in [-0.2, -0.15) is 0 Å². The molecule has 0 spiro atoms. The lowest BCUT2D eigenvalue weighted by Gasteiger charge is -2.38. The lowest BCUT2D eigenvalue weighted by molar-refractivity contribution is 0.0975. The average Bonchev–Trinajstić information content (AvgIpc) is 2.62. The third-order valence-electron chi connectivity index (χ3n) is 4.20. The number of nitrogens with zero attached hydrogens (tertiary/aromatic N) is 1. The third-order valence-corrected chi connectivity index (χ3v) is 5.22. The van der Waals surface area contributed by atoms with Crippen LogP contribution in [0.15, 0.2) is 81.7 Å². The number of anilines is 2. The fourth-order valence-corrected chi connectivity index (χ4v) is 3.68. The number of benzene rings is 3. The van der Waals surface area contributed by atoms with Crippen molar-refractivity contribution in [2.45, 2.75) is 6.17 Å². The minimum absolute atomic E-state index is 0.0135. The summed E-state index contributed by atoms with van der Waals surface area (Å²) in [6.45, 7) is 0. The number of carbonyl (C=O) groups excluding carboxylic acids is 1. The Morgan fingerprint density at radius 1 is 0.840 bits per heavy atom. The highest BCUT2D eigenvalue weighted by atomic mass is 79.9. The van der Waals surface area contributed by atoms with Crippen molar-refractivity contribution in [3.8, 4) is 0 Å². The van der Waals surface area contributed by atoms with E-state index in [0.29, 0.717) is 5.56 Å². The molecule has 1 heterocycles. The lowest BCUT2D eigenvalue weighted by Crippen LogP contribution is -2.43. The zero-order valence-corrected chi connectivity index (χ0v) is 16.3. The van der Waals surface area contributed by atoms with Crippen LogP contribution < -0.4 is 10.2 Å². The Hall–Kier alpha value is -2.11. The van der Waals surface area contributed by atoms with Crippen LogP contribution >= 0.6 is 31.9 Å². The Balaban J connectivity index is 1.87. The van der Waals surface area contributed by atoms with Gasteiger partial charge in [0.25, 0.3) is 5.91 Å². The van der Waals surface area contributed by atoms with Gasteiger partial charge in [0.05, 0.1) is 5.56 Å². The summed E-state index contributed by atoms with van der Waals surface area (Å²) in [6, 6.07) is 23.4. The Bertz CT molecular complexity index is 940. The van der Waals surface area contributed by atoms with Gasteiger partial charge in [-0.3, -0.25) is 9.69 Å². The van der Waals surface area contributed by atoms with Gasteiger partial charge < -0.3 is 5.32 Å². The molecule has 1 aliphatic heterocycles. The smallest absolute Gasteiger partial charge is 0.262 e. The van der Waals surface area contributed by atoms with Crippen LogP contribution in [0.1, 0.15) is 22.1 Å². The summed E-state index contributed by atoms with van der Waals surface area (Å²) in [4.78, 5) is 15.0. The molecule has 3 nitrogen and oxygen atoms in total. The maximum absolute atomic E-state index is 13.2. The molecule has 3 aromatic carbocycles. The maximum Gasteiger partial charge on any atom is 0.262 e. The van der Waals surface area contributed by atoms with Crippen LogP contribution in [0.2, 0.25) is 0 Å². The van der Waals surface area contributed by atoms with Crippen LogP contribution in [0, 0.1) is 0 Å². The van der Waals surface area contributed by atoms with Crippen molar-refractivity contribution < 1.29 is 4.79 Å². The highest BCUT2D eigenvalue weighted by Gasteiger charge is 2.33. The Morgan fingerprint density at radius 3 is 2.36 bits per heavy atom. The quantitative estimate of drug-likeness (QED) is 0.513. The van der Waals surface area contributed by atoms with Gasteiger partial charge in [0.1, 0.15) is 6.17 Å². The summed E-state index contributed by atoms with van der Waals surface area (Å²) in [5.41, 5.74) is 3.39. The molecule has 1 N–H and O–H groups in total. The number of hydrogen-bond donors (Lipinski definition) is 1. The van der Waals surface area contributed by atoms with E-state index in [1.807, 2.05) is 72.8 Å². The van der Waals surface area contributed by atoms with Gasteiger partial charge in [-0.05, 0) is 48.0 Å². The summed E-state index contributed by atoms with van der Waals surface area (Å²) < 4.78 is 1.94. The van der Waals surface area contributed by atoms with Gasteiger partial charge in [-0.1, -0.05) is 62.2 Å². The third kappa shape index (κ3) is 3.10. The van der Waals surface area contributed by atoms with E-state index in [2.05, 4.69) is 37.2 Å². The highest BCUT2D eigenvalue weighted by molar-refractivity contribution is 9.10. The molecule has 0 aliphatic carbocycles. The number of fused-ring (bicyclic) bond motifs is 1. The molecule has 1 amide bonds. The topological polar surface area (TPSA) is 32.3 Å². The Morgan fingerprint density at radius 2 is 1.60 bits per heavy atom. The standard InChI is InChI=1S/C20H14Br2N2O/c21-14-10-8-13(9-11-14)19-23-18-7-2-1-6-17(18)20(25)24(19)16-5-3-4-15(22)12-16/h1-12,19,23H/t19-/m0/s1. The number of para-hydroxylation sites is 1. The molecule has 0 bridgehead atoms. The first-order valence-electron chi connectivity index (χ1n) is 7.83. The van der Waals surface area contributed by atoms with Crippen LogP contribution in [-0.4, -0.2) is 5.91 Å². The SMILES string of the molecule is O=C1c2ccccc2N[C@H](c2ccc(Br)cc2)N1c1cccc(Br)c1. The number of nitrogens with one attached hydrogen (secondary N) is 1. The minimum Gasteiger partial charge on any atom is -0.360 e. The average molecular weight is 458 g/mol. The molecule has 1 aliphatic rings. The molecule has 0 fully saturated rings. The number of carbonyl (C=O) groups is 1. The van der Waals surface area contributed by atoms with Gasteiger partial charge in [0, 0.05) is 20.3 Å². The summed E-state index contributed by atoms with van der Waals surface area (Å²) in [7, 11) is 0. The second-order valence-corrected chi connectivity index (χ2v) is 7.63. The van der Waals surface area contributed by atoms with E-state index in [0.717, 1.165) is 25.9 Å². The van der Waals surface area contributed by atoms with Crippen molar-refractivity contribution >= 4 is 49.1 Å². The van der Waals surface area contributed by atoms with Gasteiger partial charge in [0.2, 0.25) is 0 Å². The van der Waals surface area contributed by atoms with E-state index in [-0.39, 0.29) is 12.1 Å². The zero-order valence-electron chi connectivity index (χ0n) is 13.1. The van der Waals surface area contributed by atoms with E-state index in [1.165, 1.54) is 0 Å². The second kappa shape index (κ2) is 6.65. The molecule has 0 saturated carbocycles. The van der Waals surface area contributed by atoms with Crippen molar-refractivity contribution in [3.63, 3.8) is 0 Å². The van der Waals surface area contributed by atoms with Gasteiger partial charge in [0.15, 0.2) is 0 Å². The normalized spacial score (nSPS) is 16.3. The summed E-state index contributed by atoms with van der Waals surface area (Å²) >= 11 is 6.97. The van der Waals surface area contributed by atoms with Crippen molar-refractivity contribution in [1.82, 2.24) is 0 Å². The van der Waals surface area contributed by atoms with Gasteiger partial charge >= 0.3 is 0 Å². The fourth-order valence-electron chi connectivity index (χ4n) is 3.02. The van der Waals surface area contributed by atoms with E-state index >= 15 is 0 Å². The first-order valence-corrected chi connectivity index (χ1v) is 9.42. The van der Waals surface area contributed by atoms with Crippen molar-refractivity contribution in [1.29, 1.82) is 0 Å². The molecule has 0 saturated heterocycles. The highest BCUT2D eigenvalue weighted by Crippen LogP contribution is 2.37. The first-order chi connectivity index (χ1) is 12.1. The molecular weight excluding hydrogens is 444 g/mol. The van der Waals surface area contributed by atoms with E-state index in [9.17, 15) is 4.79 Å². The van der Waals surface area contributed by atoms with Crippen molar-refractivity contribution in [3.05, 3.63) is 92.9 Å². The largest absolute Gasteiger partial charge is 0.360 e. The number of amides is 1. The van der Waals surface area contributed by atoms with Crippen LogP contribution in [0.3, 0.4) is 0 Å². The van der Waals surface area contributed by atoms with E-state index < -0.39 is 0 Å². The molecule has 1 atom stereocenters. The fraction of sp³-hybridized carbons (Fsp3) is 0.0500. The van der Waals surface area contributed by atoms with Crippen LogP contribution in [0.25, 0.3) is 0 Å². The van der Waals surface area contributed by atoms with Crippen molar-refractivity contribution in [2.24, 2.45) is 0 Å². The maximum atomic E-state index is 13.2. The molecular formula is C20H14Br2N2O. The van der Waals surface area contributed by atoms with Crippen LogP contribution in [-0.2, 0) is 0 Å². The van der Waals surface area contributed by atoms with E-state index in [1.54, 1.807) is 4.90 Å². The molecule has 25 heavy (non-hydrogen) atoms. The van der Waals surface area contributed by atoms with E-state index in [4.69, 9.17) is 0 Å². The summed E-state index contributed by atoms with van der Waals surface area (Å²) in [6.07, 6.45) is -0.273. The molecule has 5 heteroatoms. The number of rotatable bonds is 2. The Labute approximate surface area is 162 Å². The first kappa shape index (κ1) is 16.4. The van der Waals surface area contributed by atoms with Gasteiger partial charge in [-0.25, -0.2) is 0 Å². The molecule has 0 radical (unpaired) electrons. The molecule has 4 rings (SSSR count). The van der Waals surface area contributed by atoms with Crippen LogP contribution in [0.4, 0.5) is 11.4 Å². The predicted octanol–water partition coefficient (Wildman–Crippen LogP) is 5.98. The predicted molar refractivity (Wildman–Crippen MR) is 108 cm³/mol. The zero-order chi connectivity index (χ0) is 17.4. The van der Waals surface area contributed by atoms with Crippen LogP contribution in [0.5, 0.6) is 0 Å². The molecule has 0 unspecified atom stereocenters. The second-order valence-electron chi connectivity index (χ2n) is 5.80. The van der Waals surface area contributed by atoms with Crippen molar-refractivity contribution in [2.75, 3.05) is 10.2 Å². The number of halogens is 2. The molecule has 0 aromatic heterocycles. The summed E-state index contributed by atoms with van der Waals surface area (Å²) in [5, 5.41) is 3.51. The Kier molecular flexibility index (Phi) is 4.36. The minimum atomic E-state index is -0.273. The molecule has 3 aromatic rings.